The van der Waals surface area contributed by atoms with E-state index in [2.05, 4.69) is 4.98 Å². The molecule has 0 saturated carbocycles. The fourth-order valence-electron chi connectivity index (χ4n) is 2.70. The van der Waals surface area contributed by atoms with Crippen LogP contribution in [0.2, 0.25) is 5.15 Å². The van der Waals surface area contributed by atoms with Crippen molar-refractivity contribution in [2.75, 3.05) is 0 Å². The van der Waals surface area contributed by atoms with Gasteiger partial charge >= 0.3 is 12.1 Å². The first kappa shape index (κ1) is 17.2. The van der Waals surface area contributed by atoms with E-state index in [1.807, 2.05) is 0 Å². The summed E-state index contributed by atoms with van der Waals surface area (Å²) in [5, 5.41) is 0.494. The van der Waals surface area contributed by atoms with Crippen LogP contribution in [0.25, 0.3) is 10.8 Å². The summed E-state index contributed by atoms with van der Waals surface area (Å²) in [5.74, 6) is -2.04. The molecular formula is C13H7Cl2F3N2O3S. The Balaban J connectivity index is 2.23. The van der Waals surface area contributed by atoms with Crippen molar-refractivity contribution in [1.29, 1.82) is 0 Å². The van der Waals surface area contributed by atoms with Gasteiger partial charge in [0.1, 0.15) is 5.15 Å². The zero-order valence-corrected chi connectivity index (χ0v) is 13.9. The molecule has 24 heavy (non-hydrogen) atoms. The number of fused-ring (bicyclic) bond motifs is 2. The third kappa shape index (κ3) is 2.91. The number of aromatic nitrogens is 1. The number of amides is 1. The highest BCUT2D eigenvalue weighted by molar-refractivity contribution is 8.14. The van der Waals surface area contributed by atoms with Gasteiger partial charge in [-0.05, 0) is 23.3 Å². The third-order valence-electron chi connectivity index (χ3n) is 3.62. The van der Waals surface area contributed by atoms with Crippen molar-refractivity contribution in [3.8, 4) is 0 Å². The number of hydrogen-bond donors (Lipinski definition) is 0. The van der Waals surface area contributed by atoms with Gasteiger partial charge in [-0.15, -0.1) is 0 Å². The molecule has 128 valence electrons. The molecule has 3 rings (SSSR count). The van der Waals surface area contributed by atoms with Gasteiger partial charge in [0.05, 0.1) is 4.90 Å². The summed E-state index contributed by atoms with van der Waals surface area (Å²) in [7, 11) is 1.18. The Bertz CT molecular complexity index is 977. The van der Waals surface area contributed by atoms with Crippen molar-refractivity contribution in [3.05, 3.63) is 34.6 Å². The van der Waals surface area contributed by atoms with E-state index in [1.54, 1.807) is 0 Å². The summed E-state index contributed by atoms with van der Waals surface area (Å²) in [6, 6.07) is 2.74. The highest BCUT2D eigenvalue weighted by Crippen LogP contribution is 2.38. The fourth-order valence-corrected chi connectivity index (χ4v) is 4.32. The van der Waals surface area contributed by atoms with Crippen molar-refractivity contribution in [2.24, 2.45) is 0 Å². The van der Waals surface area contributed by atoms with Crippen LogP contribution in [0.3, 0.4) is 0 Å². The first-order valence-electron chi connectivity index (χ1n) is 6.39. The normalized spacial score (nSPS) is 15.0. The van der Waals surface area contributed by atoms with Gasteiger partial charge in [0.15, 0.2) is 0 Å². The number of pyridine rings is 1. The molecule has 2 heterocycles. The van der Waals surface area contributed by atoms with E-state index in [-0.39, 0.29) is 33.1 Å². The molecule has 11 heteroatoms. The first-order valence-corrected chi connectivity index (χ1v) is 9.08. The van der Waals surface area contributed by atoms with Gasteiger partial charge in [-0.25, -0.2) is 13.4 Å². The Morgan fingerprint density at radius 3 is 2.50 bits per heavy atom. The van der Waals surface area contributed by atoms with Crippen LogP contribution in [0.4, 0.5) is 13.2 Å². The zero-order chi connectivity index (χ0) is 17.9. The molecule has 1 amide bonds. The molecule has 0 N–H and O–H groups in total. The molecule has 5 nitrogen and oxygen atoms in total. The number of carbonyl (C=O) groups excluding carboxylic acids is 1. The quantitative estimate of drug-likeness (QED) is 0.546. The summed E-state index contributed by atoms with van der Waals surface area (Å²) >= 11 is 5.77. The summed E-state index contributed by atoms with van der Waals surface area (Å²) in [4.78, 5) is 15.4. The monoisotopic (exact) mass is 398 g/mol. The molecule has 1 aliphatic heterocycles. The number of nitrogens with zero attached hydrogens (tertiary/aromatic N) is 2. The minimum Gasteiger partial charge on any atom is -0.326 e. The number of alkyl halides is 3. The maximum absolute atomic E-state index is 12.6. The molecule has 1 aromatic heterocycles. The molecular weight excluding hydrogens is 392 g/mol. The van der Waals surface area contributed by atoms with Crippen molar-refractivity contribution in [2.45, 2.75) is 24.2 Å². The van der Waals surface area contributed by atoms with Crippen LogP contribution in [0.15, 0.2) is 23.2 Å². The van der Waals surface area contributed by atoms with E-state index < -0.39 is 27.7 Å². The molecule has 2 aromatic rings. The predicted octanol–water partition coefficient (Wildman–Crippen LogP) is 3.22. The largest absolute Gasteiger partial charge is 0.471 e. The van der Waals surface area contributed by atoms with Crippen LogP contribution < -0.4 is 0 Å². The predicted molar refractivity (Wildman–Crippen MR) is 80.1 cm³/mol. The highest BCUT2D eigenvalue weighted by atomic mass is 35.7. The van der Waals surface area contributed by atoms with Gasteiger partial charge in [-0.1, -0.05) is 11.6 Å². The van der Waals surface area contributed by atoms with E-state index >= 15 is 0 Å². The summed E-state index contributed by atoms with van der Waals surface area (Å²) in [5.41, 5.74) is 0.320. The molecule has 0 saturated heterocycles. The van der Waals surface area contributed by atoms with Crippen LogP contribution in [-0.4, -0.2) is 30.4 Å². The summed E-state index contributed by atoms with van der Waals surface area (Å²) < 4.78 is 61.8. The standard InChI is InChI=1S/C13H7Cl2F3N2O3S/c14-10-2-8-6(3-19-10)1-7-4-20(12(21)13(16,17)18)5-9(7)11(8)24(15,22)23/h1-3H,4-5H2. The van der Waals surface area contributed by atoms with Crippen LogP contribution in [-0.2, 0) is 26.9 Å². The molecule has 1 aromatic carbocycles. The molecule has 0 spiro atoms. The second-order valence-electron chi connectivity index (χ2n) is 5.17. The minimum atomic E-state index is -5.05. The second-order valence-corrected chi connectivity index (χ2v) is 8.06. The van der Waals surface area contributed by atoms with Crippen molar-refractivity contribution >= 4 is 48.0 Å². The lowest BCUT2D eigenvalue weighted by atomic mass is 10.0. The zero-order valence-electron chi connectivity index (χ0n) is 11.6. The number of rotatable bonds is 1. The summed E-state index contributed by atoms with van der Waals surface area (Å²) in [6.45, 7) is -0.878. The van der Waals surface area contributed by atoms with Crippen molar-refractivity contribution in [3.63, 3.8) is 0 Å². The first-order chi connectivity index (χ1) is 11.0. The Hall–Kier alpha value is -1.58. The lowest BCUT2D eigenvalue weighted by molar-refractivity contribution is -0.186. The Morgan fingerprint density at radius 2 is 1.92 bits per heavy atom. The van der Waals surface area contributed by atoms with Crippen LogP contribution in [0, 0.1) is 0 Å². The van der Waals surface area contributed by atoms with E-state index in [9.17, 15) is 26.4 Å². The van der Waals surface area contributed by atoms with Gasteiger partial charge in [0.25, 0.3) is 9.05 Å². The highest BCUT2D eigenvalue weighted by Gasteiger charge is 2.45. The number of halogens is 5. The van der Waals surface area contributed by atoms with Crippen molar-refractivity contribution in [1.82, 2.24) is 9.88 Å². The fraction of sp³-hybridized carbons (Fsp3) is 0.231. The van der Waals surface area contributed by atoms with E-state index in [0.29, 0.717) is 10.3 Å². The minimum absolute atomic E-state index is 0.00485. The van der Waals surface area contributed by atoms with Gasteiger partial charge in [-0.2, -0.15) is 13.2 Å². The van der Waals surface area contributed by atoms with Gasteiger partial charge in [-0.3, -0.25) is 4.79 Å². The second kappa shape index (κ2) is 5.47. The molecule has 0 fully saturated rings. The molecule has 1 aliphatic rings. The van der Waals surface area contributed by atoms with Crippen LogP contribution >= 0.6 is 22.3 Å². The molecule has 0 atom stereocenters. The topological polar surface area (TPSA) is 67.3 Å². The van der Waals surface area contributed by atoms with Crippen LogP contribution in [0.5, 0.6) is 0 Å². The molecule has 0 radical (unpaired) electrons. The lowest BCUT2D eigenvalue weighted by Gasteiger charge is -2.17. The average Bonchev–Trinajstić information content (AvgIpc) is 2.84. The number of hydrogen-bond acceptors (Lipinski definition) is 4. The maximum Gasteiger partial charge on any atom is 0.471 e. The maximum atomic E-state index is 12.6. The number of benzene rings is 1. The lowest BCUT2D eigenvalue weighted by Crippen LogP contribution is -2.37. The van der Waals surface area contributed by atoms with E-state index in [0.717, 1.165) is 0 Å². The Kier molecular flexibility index (Phi) is 3.93. The van der Waals surface area contributed by atoms with Gasteiger partial charge in [0, 0.05) is 40.7 Å². The molecule has 0 unspecified atom stereocenters. The van der Waals surface area contributed by atoms with Gasteiger partial charge in [0.2, 0.25) is 0 Å². The Morgan fingerprint density at radius 1 is 1.25 bits per heavy atom. The van der Waals surface area contributed by atoms with Crippen molar-refractivity contribution < 1.29 is 26.4 Å². The smallest absolute Gasteiger partial charge is 0.326 e. The van der Waals surface area contributed by atoms with E-state index in [4.69, 9.17) is 22.3 Å². The van der Waals surface area contributed by atoms with E-state index in [1.165, 1.54) is 18.3 Å². The SMILES string of the molecule is O=C(N1Cc2cc3cnc(Cl)cc3c(S(=O)(=O)Cl)c2C1)C(F)(F)F. The summed E-state index contributed by atoms with van der Waals surface area (Å²) in [6.07, 6.45) is -3.76. The molecule has 0 aliphatic carbocycles. The van der Waals surface area contributed by atoms with Crippen LogP contribution in [0.1, 0.15) is 11.1 Å². The Labute approximate surface area is 143 Å². The average molecular weight is 399 g/mol. The van der Waals surface area contributed by atoms with Gasteiger partial charge < -0.3 is 4.90 Å². The third-order valence-corrected chi connectivity index (χ3v) is 5.24. The molecule has 0 bridgehead atoms. The number of carbonyl (C=O) groups is 1.